The number of aryl methyl sites for hydroxylation is 3. The molecule has 148 valence electrons. The van der Waals surface area contributed by atoms with Gasteiger partial charge in [-0.1, -0.05) is 13.0 Å². The molecule has 1 fully saturated rings. The molecule has 5 heteroatoms. The highest BCUT2D eigenvalue weighted by atomic mass is 15.3. The number of fused-ring (bicyclic) bond motifs is 1. The van der Waals surface area contributed by atoms with E-state index in [4.69, 9.17) is 10.1 Å². The van der Waals surface area contributed by atoms with Crippen molar-refractivity contribution in [2.24, 2.45) is 5.92 Å². The predicted octanol–water partition coefficient (Wildman–Crippen LogP) is 4.49. The van der Waals surface area contributed by atoms with Crippen LogP contribution in [0.25, 0.3) is 16.8 Å². The van der Waals surface area contributed by atoms with Crippen LogP contribution in [0.15, 0.2) is 24.3 Å². The number of nitrogens with zero attached hydrogens (tertiary/aromatic N) is 5. The Labute approximate surface area is 168 Å². The Hall–Kier alpha value is -2.56. The van der Waals surface area contributed by atoms with Crippen LogP contribution in [0.4, 0.5) is 11.5 Å². The molecule has 4 rings (SSSR count). The molecule has 5 nitrogen and oxygen atoms in total. The smallest absolute Gasteiger partial charge is 0.128 e. The van der Waals surface area contributed by atoms with Crippen molar-refractivity contribution in [2.45, 2.75) is 40.0 Å². The van der Waals surface area contributed by atoms with Gasteiger partial charge in [0.15, 0.2) is 0 Å². The normalized spacial score (nSPS) is 13.9. The van der Waals surface area contributed by atoms with Crippen molar-refractivity contribution in [3.63, 3.8) is 0 Å². The van der Waals surface area contributed by atoms with Crippen LogP contribution in [-0.4, -0.2) is 42.3 Å². The molecule has 3 aromatic heterocycles. The average Bonchev–Trinajstić information content (AvgIpc) is 3.37. The molecule has 0 bridgehead atoms. The van der Waals surface area contributed by atoms with Crippen molar-refractivity contribution < 1.29 is 0 Å². The summed E-state index contributed by atoms with van der Waals surface area (Å²) in [6.07, 6.45) is 3.65. The summed E-state index contributed by atoms with van der Waals surface area (Å²) >= 11 is 0. The van der Waals surface area contributed by atoms with Gasteiger partial charge in [-0.3, -0.25) is 0 Å². The summed E-state index contributed by atoms with van der Waals surface area (Å²) in [5, 5.41) is 5.03. The molecule has 0 atom stereocenters. The van der Waals surface area contributed by atoms with E-state index in [-0.39, 0.29) is 0 Å². The van der Waals surface area contributed by atoms with E-state index >= 15 is 0 Å². The zero-order valence-corrected chi connectivity index (χ0v) is 18.0. The van der Waals surface area contributed by atoms with Gasteiger partial charge in [0.2, 0.25) is 0 Å². The lowest BCUT2D eigenvalue weighted by atomic mass is 10.0. The first kappa shape index (κ1) is 18.8. The fourth-order valence-electron chi connectivity index (χ4n) is 4.15. The summed E-state index contributed by atoms with van der Waals surface area (Å²) in [7, 11) is 6.28. The Morgan fingerprint density at radius 3 is 2.50 bits per heavy atom. The van der Waals surface area contributed by atoms with Crippen LogP contribution in [0.1, 0.15) is 36.7 Å². The summed E-state index contributed by atoms with van der Waals surface area (Å²) in [6, 6.07) is 8.67. The van der Waals surface area contributed by atoms with E-state index in [9.17, 15) is 0 Å². The molecule has 0 unspecified atom stereocenters. The summed E-state index contributed by atoms with van der Waals surface area (Å²) in [5.74, 6) is 1.84. The van der Waals surface area contributed by atoms with Crippen molar-refractivity contribution in [1.29, 1.82) is 0 Å². The fourth-order valence-corrected chi connectivity index (χ4v) is 4.15. The van der Waals surface area contributed by atoms with Gasteiger partial charge in [0.05, 0.1) is 22.6 Å². The first-order valence-electron chi connectivity index (χ1n) is 10.3. The first-order chi connectivity index (χ1) is 13.4. The highest BCUT2D eigenvalue weighted by Crippen LogP contribution is 2.36. The molecule has 1 aliphatic carbocycles. The molecule has 0 aromatic carbocycles. The van der Waals surface area contributed by atoms with Crippen LogP contribution in [-0.2, 0) is 6.42 Å². The van der Waals surface area contributed by atoms with Crippen LogP contribution < -0.4 is 9.80 Å². The second kappa shape index (κ2) is 7.12. The van der Waals surface area contributed by atoms with Crippen molar-refractivity contribution >= 4 is 17.0 Å². The molecular formula is C23H31N5. The van der Waals surface area contributed by atoms with Crippen LogP contribution in [0.3, 0.4) is 0 Å². The maximum Gasteiger partial charge on any atom is 0.128 e. The molecular weight excluding hydrogens is 346 g/mol. The zero-order valence-electron chi connectivity index (χ0n) is 18.0. The lowest BCUT2D eigenvalue weighted by Crippen LogP contribution is -2.20. The van der Waals surface area contributed by atoms with E-state index in [1.54, 1.807) is 0 Å². The molecule has 0 N–H and O–H groups in total. The van der Waals surface area contributed by atoms with E-state index in [0.29, 0.717) is 0 Å². The largest absolute Gasteiger partial charge is 0.371 e. The molecule has 0 amide bonds. The Balaban J connectivity index is 1.88. The van der Waals surface area contributed by atoms with Crippen LogP contribution in [0.2, 0.25) is 0 Å². The van der Waals surface area contributed by atoms with Crippen molar-refractivity contribution in [1.82, 2.24) is 14.6 Å². The average molecular weight is 378 g/mol. The second-order valence-corrected chi connectivity index (χ2v) is 8.33. The molecule has 1 aliphatic rings. The van der Waals surface area contributed by atoms with Gasteiger partial charge in [-0.05, 0) is 62.8 Å². The van der Waals surface area contributed by atoms with E-state index < -0.39 is 0 Å². The van der Waals surface area contributed by atoms with Crippen LogP contribution in [0, 0.1) is 19.8 Å². The van der Waals surface area contributed by atoms with E-state index in [1.807, 2.05) is 14.1 Å². The molecule has 0 radical (unpaired) electrons. The monoisotopic (exact) mass is 377 g/mol. The topological polar surface area (TPSA) is 36.7 Å². The molecule has 0 saturated heterocycles. The van der Waals surface area contributed by atoms with Gasteiger partial charge >= 0.3 is 0 Å². The lowest BCUT2D eigenvalue weighted by Gasteiger charge is -2.19. The van der Waals surface area contributed by atoms with Gasteiger partial charge in [0, 0.05) is 38.9 Å². The van der Waals surface area contributed by atoms with Gasteiger partial charge in [0.25, 0.3) is 0 Å². The number of hydrogen-bond donors (Lipinski definition) is 0. The first-order valence-corrected chi connectivity index (χ1v) is 10.3. The van der Waals surface area contributed by atoms with Gasteiger partial charge in [-0.25, -0.2) is 9.50 Å². The molecule has 0 spiro atoms. The summed E-state index contributed by atoms with van der Waals surface area (Å²) in [5.41, 5.74) is 8.20. The number of anilines is 2. The minimum Gasteiger partial charge on any atom is -0.371 e. The van der Waals surface area contributed by atoms with E-state index in [1.165, 1.54) is 40.9 Å². The predicted molar refractivity (Wildman–Crippen MR) is 118 cm³/mol. The number of pyridine rings is 2. The van der Waals surface area contributed by atoms with Gasteiger partial charge in [-0.2, -0.15) is 5.10 Å². The van der Waals surface area contributed by atoms with E-state index in [0.717, 1.165) is 36.1 Å². The van der Waals surface area contributed by atoms with Crippen LogP contribution in [0.5, 0.6) is 0 Å². The number of hydrogen-bond acceptors (Lipinski definition) is 4. The third-order valence-electron chi connectivity index (χ3n) is 5.75. The minimum atomic E-state index is 0.847. The third-order valence-corrected chi connectivity index (χ3v) is 5.75. The summed E-state index contributed by atoms with van der Waals surface area (Å²) < 4.78 is 2.13. The Morgan fingerprint density at radius 2 is 1.89 bits per heavy atom. The Kier molecular flexibility index (Phi) is 4.77. The van der Waals surface area contributed by atoms with Gasteiger partial charge in [-0.15, -0.1) is 0 Å². The third kappa shape index (κ3) is 3.23. The molecule has 28 heavy (non-hydrogen) atoms. The standard InChI is InChI=1S/C23H31N5/c1-7-18-23(27(6)14-17-11-12-17)20-10-8-9-19(28(20)25-18)22-15(2)13-21(26(4)5)24-16(22)3/h8-10,13,17H,7,11-12,14H2,1-6H3. The van der Waals surface area contributed by atoms with E-state index in [2.05, 4.69) is 66.4 Å². The molecule has 3 heterocycles. The van der Waals surface area contributed by atoms with Crippen molar-refractivity contribution in [3.05, 3.63) is 41.2 Å². The Bertz CT molecular complexity index is 990. The SMILES string of the molecule is CCc1nn2c(-c3c(C)cc(N(C)C)nc3C)cccc2c1N(C)CC1CC1. The highest BCUT2D eigenvalue weighted by molar-refractivity contribution is 5.80. The summed E-state index contributed by atoms with van der Waals surface area (Å²) in [4.78, 5) is 9.29. The molecule has 1 saturated carbocycles. The quantitative estimate of drug-likeness (QED) is 0.634. The highest BCUT2D eigenvalue weighted by Gasteiger charge is 2.26. The number of aromatic nitrogens is 3. The number of rotatable bonds is 6. The fraction of sp³-hybridized carbons (Fsp3) is 0.478. The molecule has 3 aromatic rings. The second-order valence-electron chi connectivity index (χ2n) is 8.33. The van der Waals surface area contributed by atoms with Crippen molar-refractivity contribution in [2.75, 3.05) is 37.5 Å². The van der Waals surface area contributed by atoms with Gasteiger partial charge in [0.1, 0.15) is 5.82 Å². The summed E-state index contributed by atoms with van der Waals surface area (Å²) in [6.45, 7) is 7.58. The lowest BCUT2D eigenvalue weighted by molar-refractivity contribution is 0.784. The van der Waals surface area contributed by atoms with Crippen LogP contribution >= 0.6 is 0 Å². The molecule has 0 aliphatic heterocycles. The van der Waals surface area contributed by atoms with Gasteiger partial charge < -0.3 is 9.80 Å². The van der Waals surface area contributed by atoms with Crippen molar-refractivity contribution in [3.8, 4) is 11.3 Å². The Morgan fingerprint density at radius 1 is 1.14 bits per heavy atom. The zero-order chi connectivity index (χ0) is 20.0. The maximum atomic E-state index is 5.03. The maximum absolute atomic E-state index is 5.03. The minimum absolute atomic E-state index is 0.847.